The van der Waals surface area contributed by atoms with Crippen LogP contribution in [0.15, 0.2) is 30.7 Å². The van der Waals surface area contributed by atoms with Crippen LogP contribution in [0.2, 0.25) is 0 Å². The molecule has 3 aromatic rings. The number of benzene rings is 1. The van der Waals surface area contributed by atoms with E-state index < -0.39 is 0 Å². The molecule has 1 aliphatic rings. The lowest BCUT2D eigenvalue weighted by Gasteiger charge is -2.38. The zero-order valence-corrected chi connectivity index (χ0v) is 16.0. The summed E-state index contributed by atoms with van der Waals surface area (Å²) in [4.78, 5) is 9.10. The highest BCUT2D eigenvalue weighted by atomic mass is 19.1. The maximum atomic E-state index is 15.0. The van der Waals surface area contributed by atoms with E-state index >= 15 is 0 Å². The second-order valence-electron chi connectivity index (χ2n) is 7.33. The van der Waals surface area contributed by atoms with Gasteiger partial charge in [0, 0.05) is 37.8 Å². The average Bonchev–Trinajstić information content (AvgIpc) is 3.10. The van der Waals surface area contributed by atoms with Crippen LogP contribution in [0.25, 0.3) is 16.8 Å². The standard InChI is InChI=1S/C20H25FN6/c1-13-10-26(7-6-25(13)3)16-8-18-20(23-12-24-27(18)11-16)17-5-4-15(9-22)14(2)19(17)21/h4-5,8,11-13H,6-7,9-10,22H2,1-3H3. The minimum absolute atomic E-state index is 0.269. The van der Waals surface area contributed by atoms with Gasteiger partial charge in [0.15, 0.2) is 0 Å². The van der Waals surface area contributed by atoms with Gasteiger partial charge in [-0.25, -0.2) is 13.9 Å². The summed E-state index contributed by atoms with van der Waals surface area (Å²) in [5.41, 5.74) is 10.1. The molecule has 1 saturated heterocycles. The third-order valence-electron chi connectivity index (χ3n) is 5.69. The molecule has 0 aliphatic carbocycles. The quantitative estimate of drug-likeness (QED) is 0.769. The molecule has 7 heteroatoms. The van der Waals surface area contributed by atoms with Gasteiger partial charge in [-0.2, -0.15) is 5.10 Å². The van der Waals surface area contributed by atoms with E-state index in [9.17, 15) is 4.39 Å². The molecule has 4 rings (SSSR count). The normalized spacial score (nSPS) is 18.4. The summed E-state index contributed by atoms with van der Waals surface area (Å²) < 4.78 is 16.8. The Morgan fingerprint density at radius 3 is 2.85 bits per heavy atom. The highest BCUT2D eigenvalue weighted by Crippen LogP contribution is 2.31. The molecule has 2 aromatic heterocycles. The number of aromatic nitrogens is 3. The Morgan fingerprint density at radius 1 is 1.30 bits per heavy atom. The minimum atomic E-state index is -0.269. The lowest BCUT2D eigenvalue weighted by atomic mass is 10.0. The van der Waals surface area contributed by atoms with Gasteiger partial charge in [0.1, 0.15) is 17.8 Å². The molecule has 142 valence electrons. The van der Waals surface area contributed by atoms with Crippen LogP contribution in [0.1, 0.15) is 18.1 Å². The van der Waals surface area contributed by atoms with Gasteiger partial charge in [-0.1, -0.05) is 6.07 Å². The maximum Gasteiger partial charge on any atom is 0.137 e. The number of nitrogens with zero attached hydrogens (tertiary/aromatic N) is 5. The highest BCUT2D eigenvalue weighted by molar-refractivity contribution is 5.80. The van der Waals surface area contributed by atoms with Crippen LogP contribution in [0.4, 0.5) is 10.1 Å². The van der Waals surface area contributed by atoms with E-state index in [-0.39, 0.29) is 5.82 Å². The number of anilines is 1. The largest absolute Gasteiger partial charge is 0.367 e. The van der Waals surface area contributed by atoms with Gasteiger partial charge in [0.2, 0.25) is 0 Å². The number of nitrogens with two attached hydrogens (primary N) is 1. The third-order valence-corrected chi connectivity index (χ3v) is 5.69. The zero-order chi connectivity index (χ0) is 19.1. The first-order chi connectivity index (χ1) is 13.0. The van der Waals surface area contributed by atoms with Crippen LogP contribution in [0, 0.1) is 12.7 Å². The van der Waals surface area contributed by atoms with Crippen molar-refractivity contribution in [2.24, 2.45) is 5.73 Å². The Morgan fingerprint density at radius 2 is 2.11 bits per heavy atom. The topological polar surface area (TPSA) is 62.7 Å². The second kappa shape index (κ2) is 6.90. The average molecular weight is 368 g/mol. The van der Waals surface area contributed by atoms with E-state index in [0.717, 1.165) is 36.4 Å². The minimum Gasteiger partial charge on any atom is -0.367 e. The van der Waals surface area contributed by atoms with E-state index in [1.807, 2.05) is 12.3 Å². The zero-order valence-electron chi connectivity index (χ0n) is 16.0. The predicted molar refractivity (Wildman–Crippen MR) is 105 cm³/mol. The predicted octanol–water partition coefficient (Wildman–Crippen LogP) is 2.44. The van der Waals surface area contributed by atoms with Crippen molar-refractivity contribution in [1.29, 1.82) is 0 Å². The number of hydrogen-bond acceptors (Lipinski definition) is 5. The molecule has 1 atom stereocenters. The molecular weight excluding hydrogens is 343 g/mol. The number of fused-ring (bicyclic) bond motifs is 1. The van der Waals surface area contributed by atoms with E-state index in [2.05, 4.69) is 39.9 Å². The molecule has 0 radical (unpaired) electrons. The molecule has 0 saturated carbocycles. The van der Waals surface area contributed by atoms with E-state index in [1.165, 1.54) is 6.33 Å². The lowest BCUT2D eigenvalue weighted by molar-refractivity contribution is 0.234. The second-order valence-corrected chi connectivity index (χ2v) is 7.33. The Balaban J connectivity index is 1.78. The molecule has 0 spiro atoms. The van der Waals surface area contributed by atoms with Gasteiger partial charge in [-0.05, 0) is 44.2 Å². The van der Waals surface area contributed by atoms with Crippen molar-refractivity contribution in [2.45, 2.75) is 26.4 Å². The van der Waals surface area contributed by atoms with Gasteiger partial charge in [-0.15, -0.1) is 0 Å². The molecule has 1 fully saturated rings. The third kappa shape index (κ3) is 3.07. The highest BCUT2D eigenvalue weighted by Gasteiger charge is 2.23. The fourth-order valence-corrected chi connectivity index (χ4v) is 3.71. The number of halogens is 1. The monoisotopic (exact) mass is 368 g/mol. The molecule has 1 aromatic carbocycles. The van der Waals surface area contributed by atoms with Gasteiger partial charge in [-0.3, -0.25) is 0 Å². The van der Waals surface area contributed by atoms with Crippen molar-refractivity contribution in [3.8, 4) is 11.3 Å². The van der Waals surface area contributed by atoms with Crippen molar-refractivity contribution in [2.75, 3.05) is 31.6 Å². The summed E-state index contributed by atoms with van der Waals surface area (Å²) in [6, 6.07) is 6.17. The summed E-state index contributed by atoms with van der Waals surface area (Å²) in [7, 11) is 2.15. The molecule has 2 N–H and O–H groups in total. The van der Waals surface area contributed by atoms with Gasteiger partial charge in [0.05, 0.1) is 17.4 Å². The Labute approximate surface area is 158 Å². The van der Waals surface area contributed by atoms with E-state index in [1.54, 1.807) is 17.5 Å². The first-order valence-electron chi connectivity index (χ1n) is 9.26. The summed E-state index contributed by atoms with van der Waals surface area (Å²) in [6.07, 6.45) is 3.47. The van der Waals surface area contributed by atoms with Crippen molar-refractivity contribution in [3.05, 3.63) is 47.7 Å². The number of piperazine rings is 1. The SMILES string of the molecule is Cc1c(CN)ccc(-c2ncnn3cc(N4CCN(C)C(C)C4)cc23)c1F. The number of likely N-dealkylation sites (N-methyl/N-ethyl adjacent to an activating group) is 1. The fraction of sp³-hybridized carbons (Fsp3) is 0.400. The lowest BCUT2D eigenvalue weighted by Crippen LogP contribution is -2.50. The van der Waals surface area contributed by atoms with E-state index in [4.69, 9.17) is 5.73 Å². The Kier molecular flexibility index (Phi) is 4.57. The molecule has 3 heterocycles. The van der Waals surface area contributed by atoms with Crippen LogP contribution < -0.4 is 10.6 Å². The molecular formula is C20H25FN6. The smallest absolute Gasteiger partial charge is 0.137 e. The van der Waals surface area contributed by atoms with Crippen LogP contribution in [-0.2, 0) is 6.54 Å². The molecule has 0 amide bonds. The van der Waals surface area contributed by atoms with Crippen molar-refractivity contribution in [1.82, 2.24) is 19.5 Å². The summed E-state index contributed by atoms with van der Waals surface area (Å²) in [5, 5.41) is 4.33. The Bertz CT molecular complexity index is 982. The van der Waals surface area contributed by atoms with Crippen LogP contribution in [0.3, 0.4) is 0 Å². The number of rotatable bonds is 3. The molecule has 27 heavy (non-hydrogen) atoms. The van der Waals surface area contributed by atoms with Crippen LogP contribution >= 0.6 is 0 Å². The van der Waals surface area contributed by atoms with Crippen molar-refractivity contribution < 1.29 is 4.39 Å². The molecule has 6 nitrogen and oxygen atoms in total. The van der Waals surface area contributed by atoms with Gasteiger partial charge >= 0.3 is 0 Å². The number of hydrogen-bond donors (Lipinski definition) is 1. The molecule has 1 aliphatic heterocycles. The maximum absolute atomic E-state index is 15.0. The summed E-state index contributed by atoms with van der Waals surface area (Å²) in [5.74, 6) is -0.269. The van der Waals surface area contributed by atoms with Crippen molar-refractivity contribution in [3.63, 3.8) is 0 Å². The molecule has 1 unspecified atom stereocenters. The summed E-state index contributed by atoms with van der Waals surface area (Å²) >= 11 is 0. The Hall–Kier alpha value is -2.51. The summed E-state index contributed by atoms with van der Waals surface area (Å²) in [6.45, 7) is 7.23. The first kappa shape index (κ1) is 17.9. The van der Waals surface area contributed by atoms with Crippen LogP contribution in [0.5, 0.6) is 0 Å². The fourth-order valence-electron chi connectivity index (χ4n) is 3.71. The van der Waals surface area contributed by atoms with Crippen LogP contribution in [-0.4, -0.2) is 52.2 Å². The van der Waals surface area contributed by atoms with Gasteiger partial charge in [0.25, 0.3) is 0 Å². The van der Waals surface area contributed by atoms with E-state index in [0.29, 0.717) is 29.4 Å². The first-order valence-corrected chi connectivity index (χ1v) is 9.26. The molecule has 0 bridgehead atoms. The van der Waals surface area contributed by atoms with Crippen molar-refractivity contribution >= 4 is 11.2 Å². The van der Waals surface area contributed by atoms with Gasteiger partial charge < -0.3 is 15.5 Å².